The second-order valence-electron chi connectivity index (χ2n) is 7.59. The van der Waals surface area contributed by atoms with Gasteiger partial charge in [0.2, 0.25) is 11.4 Å². The Morgan fingerprint density at radius 1 is 0.733 bits per heavy atom. The maximum absolute atomic E-state index is 3.49. The van der Waals surface area contributed by atoms with E-state index in [4.69, 9.17) is 0 Å². The molecule has 3 aromatic rings. The van der Waals surface area contributed by atoms with E-state index >= 15 is 0 Å². The van der Waals surface area contributed by atoms with Gasteiger partial charge in [-0.15, -0.1) is 0 Å². The smallest absolute Gasteiger partial charge is 0.204 e. The lowest BCUT2D eigenvalue weighted by Crippen LogP contribution is -2.83. The summed E-state index contributed by atoms with van der Waals surface area (Å²) in [5.41, 5.74) is 8.23. The Balaban J connectivity index is 1.35. The van der Waals surface area contributed by atoms with Gasteiger partial charge in [-0.25, -0.2) is 4.99 Å². The van der Waals surface area contributed by atoms with Gasteiger partial charge < -0.3 is 10.6 Å². The van der Waals surface area contributed by atoms with E-state index in [0.717, 1.165) is 17.1 Å². The number of allylic oxidation sites excluding steroid dienone is 2. The molecule has 6 N–H and O–H groups in total. The van der Waals surface area contributed by atoms with Crippen LogP contribution in [-0.2, 0) is 0 Å². The van der Waals surface area contributed by atoms with Gasteiger partial charge in [0, 0.05) is 61.3 Å². The zero-order valence-electron chi connectivity index (χ0n) is 17.5. The van der Waals surface area contributed by atoms with Crippen LogP contribution in [0.2, 0.25) is 0 Å². The summed E-state index contributed by atoms with van der Waals surface area (Å²) in [6.07, 6.45) is 8.75. The van der Waals surface area contributed by atoms with E-state index in [2.05, 4.69) is 125 Å². The first-order valence-electron chi connectivity index (χ1n) is 10.3. The van der Waals surface area contributed by atoms with Crippen LogP contribution < -0.4 is 20.9 Å². The molecule has 0 amide bonds. The molecule has 0 aromatic heterocycles. The number of benzene rings is 3. The molecule has 150 valence electrons. The molecule has 4 heteroatoms. The maximum Gasteiger partial charge on any atom is 0.204 e. The van der Waals surface area contributed by atoms with Gasteiger partial charge in [0.1, 0.15) is 23.1 Å². The van der Waals surface area contributed by atoms with Crippen molar-refractivity contribution in [2.24, 2.45) is 0 Å². The molecule has 0 atom stereocenters. The van der Waals surface area contributed by atoms with Gasteiger partial charge in [0.25, 0.3) is 0 Å². The van der Waals surface area contributed by atoms with Gasteiger partial charge in [-0.3, -0.25) is 5.32 Å². The predicted octanol–water partition coefficient (Wildman–Crippen LogP) is 2.11. The number of nitrogens with one attached hydrogen (secondary N) is 2. The molecule has 0 unspecified atom stereocenters. The Hall–Kier alpha value is -3.47. The Morgan fingerprint density at radius 3 is 1.90 bits per heavy atom. The molecule has 0 bridgehead atoms. The SMILES string of the molecule is CNc1ccc([NH2+]c2ccc([NH+]=C3C=CC([NH2+]c4ccc(C)cc4)C=C3)cc2)cc1. The summed E-state index contributed by atoms with van der Waals surface area (Å²) in [5, 5.41) is 7.60. The van der Waals surface area contributed by atoms with Crippen LogP contribution in [0.4, 0.5) is 28.4 Å². The lowest BCUT2D eigenvalue weighted by atomic mass is 10.1. The molecule has 4 rings (SSSR count). The summed E-state index contributed by atoms with van der Waals surface area (Å²) in [4.78, 5) is 3.49. The number of quaternary nitrogens is 2. The first kappa shape index (κ1) is 19.8. The van der Waals surface area contributed by atoms with E-state index in [1.807, 2.05) is 7.05 Å². The van der Waals surface area contributed by atoms with E-state index in [1.165, 1.54) is 22.6 Å². The largest absolute Gasteiger partial charge is 0.388 e. The zero-order chi connectivity index (χ0) is 20.8. The molecule has 0 fully saturated rings. The molecule has 1 aliphatic rings. The summed E-state index contributed by atoms with van der Waals surface area (Å²) in [7, 11) is 1.93. The van der Waals surface area contributed by atoms with Crippen molar-refractivity contribution in [2.45, 2.75) is 13.0 Å². The third kappa shape index (κ3) is 5.32. The molecule has 0 saturated carbocycles. The van der Waals surface area contributed by atoms with Crippen LogP contribution in [0.25, 0.3) is 0 Å². The Kier molecular flexibility index (Phi) is 6.18. The van der Waals surface area contributed by atoms with Gasteiger partial charge in [-0.2, -0.15) is 0 Å². The zero-order valence-corrected chi connectivity index (χ0v) is 17.5. The first-order chi connectivity index (χ1) is 14.7. The van der Waals surface area contributed by atoms with Crippen molar-refractivity contribution in [3.8, 4) is 0 Å². The average molecular weight is 398 g/mol. The second kappa shape index (κ2) is 9.35. The number of rotatable bonds is 6. The summed E-state index contributed by atoms with van der Waals surface area (Å²) in [5.74, 6) is 0. The fourth-order valence-corrected chi connectivity index (χ4v) is 3.41. The van der Waals surface area contributed by atoms with Crippen molar-refractivity contribution in [3.05, 3.63) is 103 Å². The first-order valence-corrected chi connectivity index (χ1v) is 10.3. The molecule has 0 heterocycles. The van der Waals surface area contributed by atoms with E-state index < -0.39 is 0 Å². The lowest BCUT2D eigenvalue weighted by molar-refractivity contribution is -0.587. The van der Waals surface area contributed by atoms with Crippen LogP contribution in [0.1, 0.15) is 5.56 Å². The predicted molar refractivity (Wildman–Crippen MR) is 124 cm³/mol. The third-order valence-corrected chi connectivity index (χ3v) is 5.19. The summed E-state index contributed by atoms with van der Waals surface area (Å²) >= 11 is 0. The van der Waals surface area contributed by atoms with Crippen LogP contribution in [0.15, 0.2) is 97.1 Å². The number of hydrogen-bond donors (Lipinski definition) is 4. The molecule has 30 heavy (non-hydrogen) atoms. The monoisotopic (exact) mass is 397 g/mol. The summed E-state index contributed by atoms with van der Waals surface area (Å²) < 4.78 is 0. The minimum Gasteiger partial charge on any atom is -0.388 e. The molecule has 0 spiro atoms. The summed E-state index contributed by atoms with van der Waals surface area (Å²) in [6, 6.07) is 25.9. The van der Waals surface area contributed by atoms with Crippen molar-refractivity contribution in [1.82, 2.24) is 0 Å². The lowest BCUT2D eigenvalue weighted by Gasteiger charge is -2.09. The van der Waals surface area contributed by atoms with Gasteiger partial charge in [-0.1, -0.05) is 17.7 Å². The molecule has 0 aliphatic heterocycles. The highest BCUT2D eigenvalue weighted by atomic mass is 14.9. The van der Waals surface area contributed by atoms with E-state index in [9.17, 15) is 0 Å². The van der Waals surface area contributed by atoms with Crippen molar-refractivity contribution in [2.75, 3.05) is 12.4 Å². The van der Waals surface area contributed by atoms with Gasteiger partial charge in [0.05, 0.1) is 0 Å². The van der Waals surface area contributed by atoms with Crippen LogP contribution in [-0.4, -0.2) is 18.8 Å². The molecule has 3 aromatic carbocycles. The van der Waals surface area contributed by atoms with Crippen molar-refractivity contribution < 1.29 is 15.6 Å². The van der Waals surface area contributed by atoms with Crippen LogP contribution in [0, 0.1) is 6.92 Å². The van der Waals surface area contributed by atoms with Gasteiger partial charge in [0.15, 0.2) is 0 Å². The number of aryl methyl sites for hydroxylation is 1. The highest BCUT2D eigenvalue weighted by Crippen LogP contribution is 2.11. The van der Waals surface area contributed by atoms with E-state index in [-0.39, 0.29) is 0 Å². The minimum absolute atomic E-state index is 0.324. The molecular weight excluding hydrogens is 368 g/mol. The molecule has 4 nitrogen and oxygen atoms in total. The van der Waals surface area contributed by atoms with E-state index in [1.54, 1.807) is 0 Å². The molecule has 1 aliphatic carbocycles. The quantitative estimate of drug-likeness (QED) is 0.473. The normalized spacial score (nSPS) is 15.3. The molecular formula is C26H29N4+3. The topological polar surface area (TPSA) is 59.2 Å². The third-order valence-electron chi connectivity index (χ3n) is 5.19. The number of nitrogens with two attached hydrogens (primary N) is 2. The fraction of sp³-hybridized carbons (Fsp3) is 0.115. The second-order valence-corrected chi connectivity index (χ2v) is 7.59. The van der Waals surface area contributed by atoms with Crippen molar-refractivity contribution >= 4 is 34.1 Å². The van der Waals surface area contributed by atoms with Gasteiger partial charge in [-0.05, 0) is 43.3 Å². The Bertz CT molecular complexity index is 1040. The Labute approximate surface area is 178 Å². The molecule has 0 saturated heterocycles. The highest BCUT2D eigenvalue weighted by Gasteiger charge is 2.13. The standard InChI is InChI=1S/C26H26N4/c1-19-3-5-21(6-4-19)28-23-11-13-25(14-12-23)30-26-17-15-24(16-18-26)29-22-9-7-20(27-2)8-10-22/h3-18,23,27-29H,1-2H3/p+3. The van der Waals surface area contributed by atoms with Crippen LogP contribution in [0.3, 0.4) is 0 Å². The Morgan fingerprint density at radius 2 is 1.30 bits per heavy atom. The summed E-state index contributed by atoms with van der Waals surface area (Å²) in [6.45, 7) is 2.11. The molecule has 0 radical (unpaired) electrons. The van der Waals surface area contributed by atoms with Crippen LogP contribution in [0.5, 0.6) is 0 Å². The minimum atomic E-state index is 0.324. The van der Waals surface area contributed by atoms with E-state index in [0.29, 0.717) is 6.04 Å². The van der Waals surface area contributed by atoms with Crippen molar-refractivity contribution in [1.29, 1.82) is 0 Å². The number of anilines is 1. The maximum atomic E-state index is 3.49. The number of hydrogen-bond acceptors (Lipinski definition) is 1. The highest BCUT2D eigenvalue weighted by molar-refractivity contribution is 6.01. The van der Waals surface area contributed by atoms with Crippen LogP contribution >= 0.6 is 0 Å². The van der Waals surface area contributed by atoms with Gasteiger partial charge >= 0.3 is 0 Å². The van der Waals surface area contributed by atoms with Crippen molar-refractivity contribution in [3.63, 3.8) is 0 Å². The fourth-order valence-electron chi connectivity index (χ4n) is 3.41. The average Bonchev–Trinajstić information content (AvgIpc) is 2.78.